The molecule has 0 spiro atoms. The average Bonchev–Trinajstić information content (AvgIpc) is 2.49. The number of hydrogen-bond acceptors (Lipinski definition) is 3. The Balaban J connectivity index is 3.09. The Morgan fingerprint density at radius 1 is 1.53 bits per heavy atom. The van der Waals surface area contributed by atoms with Crippen LogP contribution in [0.4, 0.5) is 5.82 Å². The fraction of sp³-hybridized carbons (Fsp3) is 0.667. The van der Waals surface area contributed by atoms with Gasteiger partial charge in [0.2, 0.25) is 0 Å². The highest BCUT2D eigenvalue weighted by atomic mass is 32.1. The maximum atomic E-state index is 5.76. The molecule has 1 heterocycles. The second kappa shape index (κ2) is 5.49. The van der Waals surface area contributed by atoms with Gasteiger partial charge in [-0.2, -0.15) is 5.10 Å². The normalized spacial score (nSPS) is 12.8. The average molecular weight is 254 g/mol. The van der Waals surface area contributed by atoms with Crippen molar-refractivity contribution in [3.05, 3.63) is 11.3 Å². The molecule has 0 aliphatic carbocycles. The zero-order valence-electron chi connectivity index (χ0n) is 11.2. The molecule has 0 radical (unpaired) electrons. The maximum Gasteiger partial charge on any atom is 0.134 e. The molecule has 3 N–H and O–H groups in total. The molecule has 0 bridgehead atoms. The quantitative estimate of drug-likeness (QED) is 0.791. The van der Waals surface area contributed by atoms with Crippen LogP contribution in [-0.4, -0.2) is 20.8 Å². The molecular weight excluding hydrogens is 232 g/mol. The van der Waals surface area contributed by atoms with E-state index in [1.54, 1.807) is 0 Å². The summed E-state index contributed by atoms with van der Waals surface area (Å²) in [4.78, 5) is 0.400. The van der Waals surface area contributed by atoms with Crippen molar-refractivity contribution in [3.63, 3.8) is 0 Å². The topological polar surface area (TPSA) is 55.9 Å². The highest BCUT2D eigenvalue weighted by Gasteiger charge is 2.19. The fourth-order valence-electron chi connectivity index (χ4n) is 2.03. The summed E-state index contributed by atoms with van der Waals surface area (Å²) in [5.41, 5.74) is 7.50. The van der Waals surface area contributed by atoms with Gasteiger partial charge in [0.1, 0.15) is 10.8 Å². The van der Waals surface area contributed by atoms with Crippen LogP contribution in [-0.2, 0) is 7.05 Å². The highest BCUT2D eigenvalue weighted by molar-refractivity contribution is 7.80. The molecular formula is C12H22N4S. The third-order valence-electron chi connectivity index (χ3n) is 3.04. The SMILES string of the molecule is CCC(Nc1c(C(N)=S)c(C)nn1C)C(C)C. The number of aromatic nitrogens is 2. The predicted molar refractivity (Wildman–Crippen MR) is 76.4 cm³/mol. The summed E-state index contributed by atoms with van der Waals surface area (Å²) in [6, 6.07) is 0.401. The molecule has 0 fully saturated rings. The van der Waals surface area contributed by atoms with Gasteiger partial charge in [-0.25, -0.2) is 0 Å². The number of nitrogens with two attached hydrogens (primary N) is 1. The van der Waals surface area contributed by atoms with Crippen LogP contribution in [0, 0.1) is 12.8 Å². The smallest absolute Gasteiger partial charge is 0.134 e. The summed E-state index contributed by atoms with van der Waals surface area (Å²) in [5, 5.41) is 7.87. The Hall–Kier alpha value is -1.10. The molecule has 1 aromatic rings. The number of rotatable bonds is 5. The summed E-state index contributed by atoms with van der Waals surface area (Å²) in [6.45, 7) is 8.49. The number of anilines is 1. The Bertz CT molecular complexity index is 409. The van der Waals surface area contributed by atoms with E-state index in [9.17, 15) is 0 Å². The van der Waals surface area contributed by atoms with Crippen molar-refractivity contribution in [2.24, 2.45) is 18.7 Å². The number of nitrogens with zero attached hydrogens (tertiary/aromatic N) is 2. The fourth-order valence-corrected chi connectivity index (χ4v) is 2.28. The van der Waals surface area contributed by atoms with E-state index in [0.29, 0.717) is 16.9 Å². The van der Waals surface area contributed by atoms with Crippen LogP contribution in [0.25, 0.3) is 0 Å². The molecule has 96 valence electrons. The van der Waals surface area contributed by atoms with Gasteiger partial charge in [-0.15, -0.1) is 0 Å². The Morgan fingerprint density at radius 2 is 2.12 bits per heavy atom. The van der Waals surface area contributed by atoms with Crippen LogP contribution in [0.5, 0.6) is 0 Å². The zero-order chi connectivity index (χ0) is 13.2. The molecule has 0 aliphatic heterocycles. The molecule has 17 heavy (non-hydrogen) atoms. The Kier molecular flexibility index (Phi) is 4.51. The van der Waals surface area contributed by atoms with E-state index < -0.39 is 0 Å². The maximum absolute atomic E-state index is 5.76. The summed E-state index contributed by atoms with van der Waals surface area (Å²) in [5.74, 6) is 1.48. The van der Waals surface area contributed by atoms with Gasteiger partial charge in [-0.1, -0.05) is 33.0 Å². The van der Waals surface area contributed by atoms with Gasteiger partial charge in [0.15, 0.2) is 0 Å². The molecule has 0 saturated heterocycles. The minimum atomic E-state index is 0.400. The van der Waals surface area contributed by atoms with Crippen molar-refractivity contribution in [3.8, 4) is 0 Å². The molecule has 1 atom stereocenters. The first-order valence-corrected chi connectivity index (χ1v) is 6.39. The summed E-state index contributed by atoms with van der Waals surface area (Å²) >= 11 is 5.09. The van der Waals surface area contributed by atoms with E-state index >= 15 is 0 Å². The zero-order valence-corrected chi connectivity index (χ0v) is 12.1. The monoisotopic (exact) mass is 254 g/mol. The van der Waals surface area contributed by atoms with Crippen LogP contribution in [0.15, 0.2) is 0 Å². The lowest BCUT2D eigenvalue weighted by atomic mass is 10.0. The second-order valence-electron chi connectivity index (χ2n) is 4.70. The van der Waals surface area contributed by atoms with Gasteiger partial charge in [-0.3, -0.25) is 4.68 Å². The summed E-state index contributed by atoms with van der Waals surface area (Å²) < 4.78 is 1.81. The van der Waals surface area contributed by atoms with Crippen LogP contribution in [0.2, 0.25) is 0 Å². The number of hydrogen-bond donors (Lipinski definition) is 2. The van der Waals surface area contributed by atoms with Crippen LogP contribution >= 0.6 is 12.2 Å². The van der Waals surface area contributed by atoms with Gasteiger partial charge < -0.3 is 11.1 Å². The third kappa shape index (κ3) is 2.97. The standard InChI is InChI=1S/C12H22N4S/c1-6-9(7(2)3)14-12-10(11(13)17)8(4)15-16(12)5/h7,9,14H,6H2,1-5H3,(H2,13,17). The molecule has 0 saturated carbocycles. The lowest BCUT2D eigenvalue weighted by Gasteiger charge is -2.22. The third-order valence-corrected chi connectivity index (χ3v) is 3.24. The largest absolute Gasteiger partial charge is 0.389 e. The van der Waals surface area contributed by atoms with E-state index in [1.807, 2.05) is 18.7 Å². The molecule has 4 nitrogen and oxygen atoms in total. The lowest BCUT2D eigenvalue weighted by Crippen LogP contribution is -2.27. The van der Waals surface area contributed by atoms with Gasteiger partial charge in [0.05, 0.1) is 11.3 Å². The van der Waals surface area contributed by atoms with Crippen molar-refractivity contribution in [2.45, 2.75) is 40.2 Å². The highest BCUT2D eigenvalue weighted by Crippen LogP contribution is 2.22. The van der Waals surface area contributed by atoms with Crippen molar-refractivity contribution in [1.29, 1.82) is 0 Å². The molecule has 0 aromatic carbocycles. The van der Waals surface area contributed by atoms with Gasteiger partial charge >= 0.3 is 0 Å². The predicted octanol–water partition coefficient (Wildman–Crippen LogP) is 2.21. The Morgan fingerprint density at radius 3 is 2.53 bits per heavy atom. The van der Waals surface area contributed by atoms with Crippen LogP contribution in [0.3, 0.4) is 0 Å². The summed E-state index contributed by atoms with van der Waals surface area (Å²) in [7, 11) is 1.91. The van der Waals surface area contributed by atoms with Gasteiger partial charge in [-0.05, 0) is 19.3 Å². The molecule has 1 unspecified atom stereocenters. The van der Waals surface area contributed by atoms with Gasteiger partial charge in [0.25, 0.3) is 0 Å². The lowest BCUT2D eigenvalue weighted by molar-refractivity contribution is 0.506. The first-order valence-electron chi connectivity index (χ1n) is 5.98. The Labute approximate surface area is 109 Å². The summed E-state index contributed by atoms with van der Waals surface area (Å²) in [6.07, 6.45) is 1.05. The van der Waals surface area contributed by atoms with E-state index in [4.69, 9.17) is 18.0 Å². The van der Waals surface area contributed by atoms with Crippen molar-refractivity contribution < 1.29 is 0 Å². The minimum absolute atomic E-state index is 0.400. The van der Waals surface area contributed by atoms with E-state index in [-0.39, 0.29) is 0 Å². The number of thiocarbonyl (C=S) groups is 1. The van der Waals surface area contributed by atoms with E-state index in [1.165, 1.54) is 0 Å². The first-order chi connectivity index (χ1) is 7.88. The number of aryl methyl sites for hydroxylation is 2. The molecule has 0 amide bonds. The first kappa shape index (κ1) is 14.0. The van der Waals surface area contributed by atoms with Crippen molar-refractivity contribution in [2.75, 3.05) is 5.32 Å². The molecule has 5 heteroatoms. The molecule has 1 aromatic heterocycles. The molecule has 1 rings (SSSR count). The van der Waals surface area contributed by atoms with Crippen LogP contribution < -0.4 is 11.1 Å². The van der Waals surface area contributed by atoms with E-state index in [2.05, 4.69) is 31.2 Å². The minimum Gasteiger partial charge on any atom is -0.389 e. The van der Waals surface area contributed by atoms with Crippen LogP contribution in [0.1, 0.15) is 38.4 Å². The second-order valence-corrected chi connectivity index (χ2v) is 5.14. The number of nitrogens with one attached hydrogen (secondary N) is 1. The van der Waals surface area contributed by atoms with Crippen molar-refractivity contribution >= 4 is 23.0 Å². The van der Waals surface area contributed by atoms with Crippen molar-refractivity contribution in [1.82, 2.24) is 9.78 Å². The van der Waals surface area contributed by atoms with E-state index in [0.717, 1.165) is 23.5 Å². The molecule has 0 aliphatic rings. The van der Waals surface area contributed by atoms with Gasteiger partial charge in [0, 0.05) is 13.1 Å².